The fourth-order valence-electron chi connectivity index (χ4n) is 1.01. The summed E-state index contributed by atoms with van der Waals surface area (Å²) in [6.45, 7) is 2.40. The first kappa shape index (κ1) is 11.2. The second kappa shape index (κ2) is 4.95. The average molecular weight is 189 g/mol. The molecule has 0 aliphatic carbocycles. The van der Waals surface area contributed by atoms with E-state index in [-0.39, 0.29) is 12.4 Å². The van der Waals surface area contributed by atoms with Crippen molar-refractivity contribution in [1.29, 1.82) is 0 Å². The number of aromatic nitrogens is 1. The van der Waals surface area contributed by atoms with Gasteiger partial charge in [0, 0.05) is 24.0 Å². The minimum atomic E-state index is 0. The quantitative estimate of drug-likeness (QED) is 0.761. The van der Waals surface area contributed by atoms with Gasteiger partial charge in [-0.25, -0.2) is 0 Å². The summed E-state index contributed by atoms with van der Waals surface area (Å²) in [5.74, 6) is 0.819. The Balaban J connectivity index is 0.00000121. The molecule has 0 bridgehead atoms. The Hall–Kier alpha value is -0.800. The topological polar surface area (TPSA) is 48.1 Å². The van der Waals surface area contributed by atoms with Crippen LogP contribution in [0.1, 0.15) is 11.3 Å². The summed E-state index contributed by atoms with van der Waals surface area (Å²) in [6, 6.07) is 1.81. The predicted molar refractivity (Wildman–Crippen MR) is 50.7 cm³/mol. The molecule has 0 aliphatic heterocycles. The number of hydrogen-bond donors (Lipinski definition) is 1. The molecule has 4 heteroatoms. The lowest BCUT2D eigenvalue weighted by Gasteiger charge is -2.07. The normalized spacial score (nSPS) is 8.92. The van der Waals surface area contributed by atoms with Crippen molar-refractivity contribution in [2.75, 3.05) is 7.11 Å². The van der Waals surface area contributed by atoms with Gasteiger partial charge in [-0.3, -0.25) is 4.98 Å². The number of ether oxygens (including phenoxy) is 1. The number of hydrogen-bond acceptors (Lipinski definition) is 3. The van der Waals surface area contributed by atoms with Crippen LogP contribution in [-0.4, -0.2) is 12.1 Å². The molecule has 2 N–H and O–H groups in total. The Kier molecular flexibility index (Phi) is 4.62. The van der Waals surface area contributed by atoms with E-state index in [0.29, 0.717) is 6.54 Å². The molecule has 12 heavy (non-hydrogen) atoms. The molecule has 0 radical (unpaired) electrons. The highest BCUT2D eigenvalue weighted by Gasteiger charge is 2.03. The fourth-order valence-corrected chi connectivity index (χ4v) is 1.01. The van der Waals surface area contributed by atoms with Crippen molar-refractivity contribution in [3.8, 4) is 5.75 Å². The van der Waals surface area contributed by atoms with E-state index in [2.05, 4.69) is 4.98 Å². The van der Waals surface area contributed by atoms with Gasteiger partial charge in [-0.2, -0.15) is 0 Å². The van der Waals surface area contributed by atoms with E-state index in [1.54, 1.807) is 13.3 Å². The van der Waals surface area contributed by atoms with E-state index in [9.17, 15) is 0 Å². The lowest BCUT2D eigenvalue weighted by atomic mass is 10.2. The summed E-state index contributed by atoms with van der Waals surface area (Å²) < 4.78 is 5.10. The Morgan fingerprint density at radius 3 is 2.67 bits per heavy atom. The number of nitrogens with two attached hydrogens (primary N) is 1. The van der Waals surface area contributed by atoms with Crippen LogP contribution in [0.2, 0.25) is 0 Å². The molecule has 0 unspecified atom stereocenters. The smallest absolute Gasteiger partial charge is 0.126 e. The van der Waals surface area contributed by atoms with E-state index in [4.69, 9.17) is 10.5 Å². The van der Waals surface area contributed by atoms with Crippen molar-refractivity contribution in [2.24, 2.45) is 5.73 Å². The van der Waals surface area contributed by atoms with E-state index in [1.165, 1.54) is 0 Å². The zero-order valence-corrected chi connectivity index (χ0v) is 8.02. The lowest BCUT2D eigenvalue weighted by Crippen LogP contribution is -2.03. The molecule has 0 atom stereocenters. The van der Waals surface area contributed by atoms with Gasteiger partial charge >= 0.3 is 0 Å². The second-order valence-electron chi connectivity index (χ2n) is 2.28. The van der Waals surface area contributed by atoms with Crippen molar-refractivity contribution >= 4 is 12.4 Å². The maximum absolute atomic E-state index is 5.51. The van der Waals surface area contributed by atoms with Crippen LogP contribution < -0.4 is 10.5 Å². The highest BCUT2D eigenvalue weighted by atomic mass is 35.5. The molecule has 0 aromatic carbocycles. The first-order valence-electron chi connectivity index (χ1n) is 3.48. The Bertz CT molecular complexity index is 253. The van der Waals surface area contributed by atoms with Gasteiger partial charge in [-0.1, -0.05) is 0 Å². The van der Waals surface area contributed by atoms with Gasteiger partial charge in [-0.05, 0) is 13.0 Å². The molecule has 1 aromatic rings. The van der Waals surface area contributed by atoms with Crippen LogP contribution in [0, 0.1) is 6.92 Å². The van der Waals surface area contributed by atoms with Gasteiger partial charge in [0.2, 0.25) is 0 Å². The summed E-state index contributed by atoms with van der Waals surface area (Å²) in [4.78, 5) is 4.10. The van der Waals surface area contributed by atoms with E-state index < -0.39 is 0 Å². The first-order valence-corrected chi connectivity index (χ1v) is 3.48. The number of methoxy groups -OCH3 is 1. The third kappa shape index (κ3) is 2.09. The minimum Gasteiger partial charge on any atom is -0.496 e. The molecule has 0 aliphatic rings. The number of aryl methyl sites for hydroxylation is 1. The van der Waals surface area contributed by atoms with Crippen LogP contribution in [0.15, 0.2) is 12.3 Å². The van der Waals surface area contributed by atoms with Crippen LogP contribution in [-0.2, 0) is 6.54 Å². The minimum absolute atomic E-state index is 0. The lowest BCUT2D eigenvalue weighted by molar-refractivity contribution is 0.408. The zero-order chi connectivity index (χ0) is 8.27. The number of halogens is 1. The van der Waals surface area contributed by atoms with Crippen LogP contribution in [0.4, 0.5) is 0 Å². The van der Waals surface area contributed by atoms with Gasteiger partial charge in [0.1, 0.15) is 5.75 Å². The zero-order valence-electron chi connectivity index (χ0n) is 7.20. The summed E-state index contributed by atoms with van der Waals surface area (Å²) in [5.41, 5.74) is 7.43. The number of nitrogens with zero attached hydrogens (tertiary/aromatic N) is 1. The van der Waals surface area contributed by atoms with Crippen LogP contribution in [0.5, 0.6) is 5.75 Å². The molecule has 0 amide bonds. The largest absolute Gasteiger partial charge is 0.496 e. The molecule has 0 saturated carbocycles. The van der Waals surface area contributed by atoms with E-state index in [0.717, 1.165) is 17.0 Å². The van der Waals surface area contributed by atoms with E-state index >= 15 is 0 Å². The van der Waals surface area contributed by atoms with Gasteiger partial charge in [-0.15, -0.1) is 12.4 Å². The van der Waals surface area contributed by atoms with Crippen molar-refractivity contribution in [1.82, 2.24) is 4.98 Å². The van der Waals surface area contributed by atoms with Crippen molar-refractivity contribution in [3.63, 3.8) is 0 Å². The molecule has 1 rings (SSSR count). The summed E-state index contributed by atoms with van der Waals surface area (Å²) >= 11 is 0. The number of rotatable bonds is 2. The monoisotopic (exact) mass is 188 g/mol. The highest BCUT2D eigenvalue weighted by Crippen LogP contribution is 2.18. The third-order valence-electron chi connectivity index (χ3n) is 1.65. The molecule has 68 valence electrons. The standard InChI is InChI=1S/C8H12N2O.ClH/c1-6-7(5-9)8(11-2)3-4-10-6;/h3-4H,5,9H2,1-2H3;1H. The predicted octanol–water partition coefficient (Wildman–Crippen LogP) is 1.28. The Morgan fingerprint density at radius 1 is 1.58 bits per heavy atom. The molecule has 0 saturated heterocycles. The maximum Gasteiger partial charge on any atom is 0.126 e. The molecule has 1 heterocycles. The third-order valence-corrected chi connectivity index (χ3v) is 1.65. The summed E-state index contributed by atoms with van der Waals surface area (Å²) in [7, 11) is 1.63. The van der Waals surface area contributed by atoms with Gasteiger partial charge in [0.25, 0.3) is 0 Å². The first-order chi connectivity index (χ1) is 5.29. The average Bonchev–Trinajstić information content (AvgIpc) is 2.04. The van der Waals surface area contributed by atoms with Crippen LogP contribution >= 0.6 is 12.4 Å². The van der Waals surface area contributed by atoms with Gasteiger partial charge < -0.3 is 10.5 Å². The summed E-state index contributed by atoms with van der Waals surface area (Å²) in [5, 5.41) is 0. The molecular formula is C8H13ClN2O. The van der Waals surface area contributed by atoms with Crippen LogP contribution in [0.25, 0.3) is 0 Å². The summed E-state index contributed by atoms with van der Waals surface area (Å²) in [6.07, 6.45) is 1.72. The fraction of sp³-hybridized carbons (Fsp3) is 0.375. The Morgan fingerprint density at radius 2 is 2.25 bits per heavy atom. The SMILES string of the molecule is COc1ccnc(C)c1CN.Cl. The van der Waals surface area contributed by atoms with Crippen molar-refractivity contribution < 1.29 is 4.74 Å². The Labute approximate surface area is 78.4 Å². The second-order valence-corrected chi connectivity index (χ2v) is 2.28. The molecule has 0 fully saturated rings. The molecule has 0 spiro atoms. The highest BCUT2D eigenvalue weighted by molar-refractivity contribution is 5.85. The van der Waals surface area contributed by atoms with Crippen molar-refractivity contribution in [2.45, 2.75) is 13.5 Å². The van der Waals surface area contributed by atoms with Crippen LogP contribution in [0.3, 0.4) is 0 Å². The maximum atomic E-state index is 5.51. The molecule has 1 aromatic heterocycles. The van der Waals surface area contributed by atoms with Crippen molar-refractivity contribution in [3.05, 3.63) is 23.5 Å². The molecular weight excluding hydrogens is 176 g/mol. The molecule has 3 nitrogen and oxygen atoms in total. The number of pyridine rings is 1. The van der Waals surface area contributed by atoms with E-state index in [1.807, 2.05) is 13.0 Å². The van der Waals surface area contributed by atoms with Gasteiger partial charge in [0.05, 0.1) is 7.11 Å². The van der Waals surface area contributed by atoms with Gasteiger partial charge in [0.15, 0.2) is 0 Å².